The van der Waals surface area contributed by atoms with Crippen molar-refractivity contribution in [2.75, 3.05) is 0 Å². The summed E-state index contributed by atoms with van der Waals surface area (Å²) in [7, 11) is 0. The molecule has 5 heteroatoms. The minimum absolute atomic E-state index is 0.561. The van der Waals surface area contributed by atoms with Crippen LogP contribution in [0.2, 0.25) is 0 Å². The number of fused-ring (bicyclic) bond motifs is 9. The van der Waals surface area contributed by atoms with Crippen LogP contribution in [0.1, 0.15) is 17.5 Å². The highest BCUT2D eigenvalue weighted by atomic mass is 15.2. The molecule has 5 nitrogen and oxygen atoms in total. The summed E-state index contributed by atoms with van der Waals surface area (Å²) in [6.07, 6.45) is 6.62. The maximum atomic E-state index is 5.48. The van der Waals surface area contributed by atoms with E-state index >= 15 is 0 Å². The Bertz CT molecular complexity index is 3850. The smallest absolute Gasteiger partial charge is 0.238 e. The summed E-state index contributed by atoms with van der Waals surface area (Å²) in [5.74, 6) is 1.78. The zero-order chi connectivity index (χ0) is 42.1. The van der Waals surface area contributed by atoms with Crippen LogP contribution in [0.4, 0.5) is 0 Å². The van der Waals surface area contributed by atoms with E-state index in [0.29, 0.717) is 17.6 Å². The van der Waals surface area contributed by atoms with Gasteiger partial charge in [-0.25, -0.2) is 4.98 Å². The first-order chi connectivity index (χ1) is 31.7. The average Bonchev–Trinajstić information content (AvgIpc) is 3.89. The molecule has 0 spiro atoms. The minimum atomic E-state index is 0.561. The summed E-state index contributed by atoms with van der Waals surface area (Å²) in [6.45, 7) is 0. The van der Waals surface area contributed by atoms with Crippen LogP contribution < -0.4 is 0 Å². The lowest BCUT2D eigenvalue weighted by molar-refractivity contribution is 0.953. The van der Waals surface area contributed by atoms with Crippen LogP contribution in [0.5, 0.6) is 0 Å². The molecule has 0 amide bonds. The van der Waals surface area contributed by atoms with Gasteiger partial charge in [-0.2, -0.15) is 9.97 Å². The van der Waals surface area contributed by atoms with Crippen molar-refractivity contribution in [1.29, 1.82) is 0 Å². The first-order valence-corrected chi connectivity index (χ1v) is 22.0. The number of hydrogen-bond acceptors (Lipinski definition) is 3. The number of aryl methyl sites for hydroxylation is 1. The molecular weight excluding hydrogens is 779 g/mol. The van der Waals surface area contributed by atoms with E-state index in [1.54, 1.807) is 0 Å². The number of nitrogens with zero attached hydrogens (tertiary/aromatic N) is 5. The summed E-state index contributed by atoms with van der Waals surface area (Å²) in [6, 6.07) is 71.8. The van der Waals surface area contributed by atoms with E-state index < -0.39 is 0 Å². The Morgan fingerprint density at radius 2 is 0.938 bits per heavy atom. The van der Waals surface area contributed by atoms with Crippen molar-refractivity contribution in [3.8, 4) is 56.7 Å². The molecule has 3 aromatic heterocycles. The molecule has 0 atom stereocenters. The lowest BCUT2D eigenvalue weighted by Crippen LogP contribution is -2.07. The molecule has 1 aliphatic rings. The van der Waals surface area contributed by atoms with E-state index in [0.717, 1.165) is 79.2 Å². The maximum absolute atomic E-state index is 5.48. The summed E-state index contributed by atoms with van der Waals surface area (Å²) < 4.78 is 4.67. The monoisotopic (exact) mass is 817 g/mol. The van der Waals surface area contributed by atoms with Crippen molar-refractivity contribution >= 4 is 60.5 Å². The highest BCUT2D eigenvalue weighted by Gasteiger charge is 2.24. The third-order valence-corrected chi connectivity index (χ3v) is 13.0. The number of rotatable bonds is 6. The Morgan fingerprint density at radius 3 is 1.66 bits per heavy atom. The molecule has 1 aliphatic carbocycles. The van der Waals surface area contributed by atoms with Crippen molar-refractivity contribution in [2.45, 2.75) is 12.8 Å². The molecule has 0 aliphatic heterocycles. The van der Waals surface area contributed by atoms with Gasteiger partial charge in [0.15, 0.2) is 11.6 Å². The van der Waals surface area contributed by atoms with Gasteiger partial charge in [-0.15, -0.1) is 0 Å². The van der Waals surface area contributed by atoms with Crippen molar-refractivity contribution in [3.05, 3.63) is 217 Å². The fourth-order valence-electron chi connectivity index (χ4n) is 9.93. The third-order valence-electron chi connectivity index (χ3n) is 13.0. The highest BCUT2D eigenvalue weighted by molar-refractivity contribution is 6.23. The molecule has 0 radical (unpaired) electrons. The zero-order valence-corrected chi connectivity index (χ0v) is 34.9. The normalized spacial score (nSPS) is 12.5. The number of hydrogen-bond donors (Lipinski definition) is 0. The van der Waals surface area contributed by atoms with Crippen LogP contribution in [-0.2, 0) is 6.42 Å². The Hall–Kier alpha value is -8.41. The molecule has 13 rings (SSSR count). The third kappa shape index (κ3) is 5.89. The SMILES string of the molecule is C1=Cc2ccc(-c3cccc(-c4nc(-c5cccc(-c6ccc7ccccc7c6)c5)nc(-n5c6ccccc6c6ccc7c8ccccc8n(-c8ccccc8)c7c65)n4)c3)cc2CC1. The van der Waals surface area contributed by atoms with Crippen molar-refractivity contribution in [3.63, 3.8) is 0 Å². The van der Waals surface area contributed by atoms with E-state index in [4.69, 9.17) is 15.0 Å². The van der Waals surface area contributed by atoms with Crippen LogP contribution >= 0.6 is 0 Å². The van der Waals surface area contributed by atoms with Gasteiger partial charge in [0.25, 0.3) is 0 Å². The fourth-order valence-corrected chi connectivity index (χ4v) is 9.93. The average molecular weight is 818 g/mol. The number of benzene rings is 9. The summed E-state index contributed by atoms with van der Waals surface area (Å²) >= 11 is 0. The number of allylic oxidation sites excluding steroid dienone is 1. The minimum Gasteiger partial charge on any atom is -0.307 e. The Balaban J connectivity index is 1.08. The van der Waals surface area contributed by atoms with Crippen molar-refractivity contribution in [2.24, 2.45) is 0 Å². The van der Waals surface area contributed by atoms with Crippen LogP contribution in [0.3, 0.4) is 0 Å². The second kappa shape index (κ2) is 14.6. The van der Waals surface area contributed by atoms with E-state index in [2.05, 4.69) is 221 Å². The van der Waals surface area contributed by atoms with Gasteiger partial charge in [-0.1, -0.05) is 170 Å². The van der Waals surface area contributed by atoms with Crippen LogP contribution in [0.25, 0.3) is 117 Å². The molecular formula is C59H39N5. The highest BCUT2D eigenvalue weighted by Crippen LogP contribution is 2.42. The van der Waals surface area contributed by atoms with Crippen molar-refractivity contribution < 1.29 is 0 Å². The van der Waals surface area contributed by atoms with Gasteiger partial charge in [-0.05, 0) is 99.5 Å². The molecule has 0 bridgehead atoms. The summed E-state index contributed by atoms with van der Waals surface area (Å²) in [5, 5.41) is 7.05. The van der Waals surface area contributed by atoms with E-state index in [1.165, 1.54) is 38.2 Å². The van der Waals surface area contributed by atoms with Gasteiger partial charge in [0, 0.05) is 38.4 Å². The quantitative estimate of drug-likeness (QED) is 0.168. The number of aromatic nitrogens is 5. The topological polar surface area (TPSA) is 48.5 Å². The van der Waals surface area contributed by atoms with Gasteiger partial charge in [0.2, 0.25) is 5.95 Å². The van der Waals surface area contributed by atoms with E-state index in [1.807, 2.05) is 0 Å². The van der Waals surface area contributed by atoms with E-state index in [-0.39, 0.29) is 0 Å². The van der Waals surface area contributed by atoms with Crippen molar-refractivity contribution in [1.82, 2.24) is 24.1 Å². The van der Waals surface area contributed by atoms with Gasteiger partial charge < -0.3 is 4.57 Å². The molecule has 0 saturated carbocycles. The van der Waals surface area contributed by atoms with Gasteiger partial charge in [0.05, 0.1) is 22.1 Å². The Kier molecular flexibility index (Phi) is 8.28. The molecule has 64 heavy (non-hydrogen) atoms. The van der Waals surface area contributed by atoms with Crippen LogP contribution in [-0.4, -0.2) is 24.1 Å². The van der Waals surface area contributed by atoms with Crippen LogP contribution in [0.15, 0.2) is 206 Å². The first-order valence-electron chi connectivity index (χ1n) is 22.0. The number of para-hydroxylation sites is 3. The molecule has 9 aromatic carbocycles. The lowest BCUT2D eigenvalue weighted by Gasteiger charge is -2.14. The van der Waals surface area contributed by atoms with Gasteiger partial charge in [0.1, 0.15) is 0 Å². The van der Waals surface area contributed by atoms with Gasteiger partial charge in [-0.3, -0.25) is 4.57 Å². The maximum Gasteiger partial charge on any atom is 0.238 e. The van der Waals surface area contributed by atoms with Crippen LogP contribution in [0, 0.1) is 0 Å². The second-order valence-electron chi connectivity index (χ2n) is 16.8. The standard InChI is InChI=1S/C59H39N5/c1-2-22-48(23-3-1)63-53-26-10-8-24-49(53)51-32-33-52-50-25-9-11-27-54(50)64(56(52)55(51)63)59-61-57(46-20-12-18-42(36-46)44-30-28-38-14-4-6-16-40(38)34-44)60-58(62-59)47-21-13-19-43(37-47)45-31-29-39-15-5-7-17-41(39)35-45/h1-6,8-16,18-37H,7,17H2. The molecule has 0 saturated heterocycles. The summed E-state index contributed by atoms with van der Waals surface area (Å²) in [5.41, 5.74) is 14.5. The van der Waals surface area contributed by atoms with E-state index in [9.17, 15) is 0 Å². The molecule has 0 fully saturated rings. The molecule has 0 unspecified atom stereocenters. The Labute approximate surface area is 369 Å². The molecule has 12 aromatic rings. The zero-order valence-electron chi connectivity index (χ0n) is 34.9. The lowest BCUT2D eigenvalue weighted by atomic mass is 9.93. The predicted molar refractivity (Wildman–Crippen MR) is 265 cm³/mol. The van der Waals surface area contributed by atoms with Gasteiger partial charge >= 0.3 is 0 Å². The molecule has 300 valence electrons. The first kappa shape index (κ1) is 36.3. The summed E-state index contributed by atoms with van der Waals surface area (Å²) in [4.78, 5) is 16.3. The largest absolute Gasteiger partial charge is 0.307 e. The fraction of sp³-hybridized carbons (Fsp3) is 0.0339. The predicted octanol–water partition coefficient (Wildman–Crippen LogP) is 14.8. The Morgan fingerprint density at radius 1 is 0.375 bits per heavy atom. The molecule has 0 N–H and O–H groups in total. The molecule has 3 heterocycles. The second-order valence-corrected chi connectivity index (χ2v) is 16.8.